The number of rotatable bonds is 3. The topological polar surface area (TPSA) is 30.9 Å². The van der Waals surface area contributed by atoms with Crippen LogP contribution in [0, 0.1) is 5.82 Å². The minimum atomic E-state index is -1.09. The Kier molecular flexibility index (Phi) is 4.92. The van der Waals surface area contributed by atoms with Gasteiger partial charge >= 0.3 is 7.12 Å². The lowest BCUT2D eigenvalue weighted by atomic mass is 9.86. The summed E-state index contributed by atoms with van der Waals surface area (Å²) >= 11 is 0. The Hall–Kier alpha value is -1.44. The molecule has 0 radical (unpaired) electrons. The molecule has 0 bridgehead atoms. The third kappa shape index (κ3) is 3.73. The normalized spacial score (nSPS) is 23.2. The van der Waals surface area contributed by atoms with Crippen molar-refractivity contribution in [3.63, 3.8) is 0 Å². The fourth-order valence-corrected chi connectivity index (χ4v) is 2.91. The van der Waals surface area contributed by atoms with E-state index in [0.29, 0.717) is 31.9 Å². The third-order valence-corrected chi connectivity index (χ3v) is 5.11. The number of morpholine rings is 1. The predicted molar refractivity (Wildman–Crippen MR) is 94.6 cm³/mol. The largest absolute Gasteiger partial charge is 0.525 e. The Morgan fingerprint density at radius 3 is 2.32 bits per heavy atom. The molecule has 2 aliphatic heterocycles. The van der Waals surface area contributed by atoms with E-state index < -0.39 is 29.9 Å². The molecule has 2 aliphatic rings. The Labute approximate surface area is 147 Å². The van der Waals surface area contributed by atoms with E-state index >= 15 is 0 Å². The molecule has 136 valence electrons. The minimum absolute atomic E-state index is 0.412. The maximum Gasteiger partial charge on any atom is 0.525 e. The molecular weight excluding hydrogens is 327 g/mol. The van der Waals surface area contributed by atoms with Crippen LogP contribution in [0.25, 0.3) is 6.08 Å². The lowest BCUT2D eigenvalue weighted by Crippen LogP contribution is -2.41. The molecule has 0 atom stereocenters. The van der Waals surface area contributed by atoms with Gasteiger partial charge in [0.15, 0.2) is 0 Å². The van der Waals surface area contributed by atoms with E-state index in [1.54, 1.807) is 6.07 Å². The first-order chi connectivity index (χ1) is 11.7. The van der Waals surface area contributed by atoms with E-state index in [4.69, 9.17) is 14.0 Å². The Morgan fingerprint density at radius 2 is 1.72 bits per heavy atom. The fourth-order valence-electron chi connectivity index (χ4n) is 2.91. The van der Waals surface area contributed by atoms with Crippen LogP contribution in [0.1, 0.15) is 33.3 Å². The van der Waals surface area contributed by atoms with Gasteiger partial charge in [0, 0.05) is 24.3 Å². The van der Waals surface area contributed by atoms with Crippen LogP contribution < -0.4 is 4.90 Å². The van der Waals surface area contributed by atoms with Crippen LogP contribution in [0.15, 0.2) is 23.9 Å². The monoisotopic (exact) mass is 351 g/mol. The number of benzene rings is 1. The van der Waals surface area contributed by atoms with E-state index in [1.165, 1.54) is 18.2 Å². The predicted octanol–water partition coefficient (Wildman–Crippen LogP) is 3.60. The highest BCUT2D eigenvalue weighted by atomic mass is 19.1. The summed E-state index contributed by atoms with van der Waals surface area (Å²) in [5.74, 6) is -0.412. The first-order valence-corrected chi connectivity index (χ1v) is 8.55. The molecule has 0 amide bonds. The number of nitrogens with zero attached hydrogens (tertiary/aromatic N) is 1. The van der Waals surface area contributed by atoms with Crippen LogP contribution in [0.3, 0.4) is 0 Å². The number of hydrogen-bond donors (Lipinski definition) is 0. The van der Waals surface area contributed by atoms with Gasteiger partial charge in [0.1, 0.15) is 11.5 Å². The molecule has 2 saturated heterocycles. The lowest BCUT2D eigenvalue weighted by Gasteiger charge is -2.32. The van der Waals surface area contributed by atoms with Gasteiger partial charge in [0.2, 0.25) is 0 Å². The van der Waals surface area contributed by atoms with Gasteiger partial charge < -0.3 is 18.9 Å². The molecule has 1 aromatic rings. The molecule has 1 aromatic carbocycles. The van der Waals surface area contributed by atoms with Gasteiger partial charge in [0.25, 0.3) is 0 Å². The van der Waals surface area contributed by atoms with Crippen molar-refractivity contribution in [1.82, 2.24) is 0 Å². The Balaban J connectivity index is 1.88. The second-order valence-electron chi connectivity index (χ2n) is 7.42. The summed E-state index contributed by atoms with van der Waals surface area (Å²) in [5.41, 5.74) is -0.584. The molecule has 0 saturated carbocycles. The van der Waals surface area contributed by atoms with Crippen molar-refractivity contribution in [3.8, 4) is 0 Å². The molecule has 0 aromatic heterocycles. The van der Waals surface area contributed by atoms with Crippen LogP contribution in [0.4, 0.5) is 14.5 Å². The van der Waals surface area contributed by atoms with Crippen LogP contribution in [0.2, 0.25) is 0 Å². The van der Waals surface area contributed by atoms with Crippen molar-refractivity contribution in [2.75, 3.05) is 31.2 Å². The molecule has 0 unspecified atom stereocenters. The molecule has 0 aliphatic carbocycles. The lowest BCUT2D eigenvalue weighted by molar-refractivity contribution is 0.00578. The second-order valence-corrected chi connectivity index (χ2v) is 7.42. The SMILES string of the molecule is CC1(C)OB(C(F)=Cc2cc(F)ccc2N2CCOCC2)OC1(C)C. The molecule has 0 spiro atoms. The fraction of sp³-hybridized carbons (Fsp3) is 0.556. The van der Waals surface area contributed by atoms with Gasteiger partial charge in [-0.15, -0.1) is 0 Å². The van der Waals surface area contributed by atoms with Gasteiger partial charge in [-0.25, -0.2) is 8.78 Å². The van der Waals surface area contributed by atoms with Crippen LogP contribution in [-0.4, -0.2) is 44.6 Å². The average molecular weight is 351 g/mol. The summed E-state index contributed by atoms with van der Waals surface area (Å²) in [6.45, 7) is 10.0. The summed E-state index contributed by atoms with van der Waals surface area (Å²) in [6, 6.07) is 4.38. The van der Waals surface area contributed by atoms with Gasteiger partial charge in [0.05, 0.1) is 24.4 Å². The van der Waals surface area contributed by atoms with Gasteiger partial charge in [-0.1, -0.05) is 0 Å². The molecule has 2 fully saturated rings. The van der Waals surface area contributed by atoms with Gasteiger partial charge in [-0.05, 0) is 52.0 Å². The first-order valence-electron chi connectivity index (χ1n) is 8.55. The first kappa shape index (κ1) is 18.4. The smallest absolute Gasteiger partial charge is 0.398 e. The summed E-state index contributed by atoms with van der Waals surface area (Å²) in [7, 11) is -1.09. The Morgan fingerprint density at radius 1 is 1.12 bits per heavy atom. The third-order valence-electron chi connectivity index (χ3n) is 5.11. The summed E-state index contributed by atoms with van der Waals surface area (Å²) in [4.78, 5) is 2.06. The molecule has 2 heterocycles. The van der Waals surface area contributed by atoms with Crippen molar-refractivity contribution in [1.29, 1.82) is 0 Å². The number of hydrogen-bond acceptors (Lipinski definition) is 4. The average Bonchev–Trinajstić information content (AvgIpc) is 2.76. The van der Waals surface area contributed by atoms with E-state index in [0.717, 1.165) is 5.69 Å². The van der Waals surface area contributed by atoms with E-state index in [2.05, 4.69) is 4.90 Å². The quantitative estimate of drug-likeness (QED) is 0.779. The second kappa shape index (κ2) is 6.70. The van der Waals surface area contributed by atoms with E-state index in [1.807, 2.05) is 27.7 Å². The molecule has 0 N–H and O–H groups in total. The molecule has 3 rings (SSSR count). The van der Waals surface area contributed by atoms with Crippen molar-refractivity contribution in [2.24, 2.45) is 0 Å². The number of anilines is 1. The molecule has 7 heteroatoms. The van der Waals surface area contributed by atoms with Crippen molar-refractivity contribution in [2.45, 2.75) is 38.9 Å². The zero-order valence-corrected chi connectivity index (χ0v) is 15.1. The maximum absolute atomic E-state index is 14.8. The van der Waals surface area contributed by atoms with Crippen LogP contribution >= 0.6 is 0 Å². The minimum Gasteiger partial charge on any atom is -0.398 e. The van der Waals surface area contributed by atoms with Crippen LogP contribution in [-0.2, 0) is 14.0 Å². The molecule has 25 heavy (non-hydrogen) atoms. The van der Waals surface area contributed by atoms with Crippen molar-refractivity contribution >= 4 is 18.9 Å². The van der Waals surface area contributed by atoms with Gasteiger partial charge in [-0.2, -0.15) is 0 Å². The van der Waals surface area contributed by atoms with Crippen molar-refractivity contribution in [3.05, 3.63) is 35.3 Å². The van der Waals surface area contributed by atoms with Crippen LogP contribution in [0.5, 0.6) is 0 Å². The number of halogens is 2. The van der Waals surface area contributed by atoms with E-state index in [9.17, 15) is 8.78 Å². The number of ether oxygens (including phenoxy) is 1. The molecular formula is C18H24BF2NO3. The van der Waals surface area contributed by atoms with E-state index in [-0.39, 0.29) is 0 Å². The van der Waals surface area contributed by atoms with Gasteiger partial charge in [-0.3, -0.25) is 0 Å². The highest BCUT2D eigenvalue weighted by Crippen LogP contribution is 2.39. The highest BCUT2D eigenvalue weighted by Gasteiger charge is 2.53. The zero-order chi connectivity index (χ0) is 18.2. The zero-order valence-electron chi connectivity index (χ0n) is 15.1. The maximum atomic E-state index is 14.8. The molecule has 4 nitrogen and oxygen atoms in total. The summed E-state index contributed by atoms with van der Waals surface area (Å²) < 4.78 is 45.3. The van der Waals surface area contributed by atoms with Crippen molar-refractivity contribution < 1.29 is 22.8 Å². The summed E-state index contributed by atoms with van der Waals surface area (Å²) in [6.07, 6.45) is 1.30. The Bertz CT molecular complexity index is 656. The standard InChI is InChI=1S/C18H24BF2NO3/c1-17(2)18(3,4)25-19(24-17)16(21)12-13-11-14(20)5-6-15(13)22-7-9-23-10-8-22/h5-6,11-12H,7-10H2,1-4H3. The highest BCUT2D eigenvalue weighted by molar-refractivity contribution is 6.54. The summed E-state index contributed by atoms with van der Waals surface area (Å²) in [5, 5.41) is 0.